The summed E-state index contributed by atoms with van der Waals surface area (Å²) in [5.41, 5.74) is 0.374. The van der Waals surface area contributed by atoms with E-state index in [4.69, 9.17) is 4.74 Å². The van der Waals surface area contributed by atoms with Crippen LogP contribution in [-0.2, 0) is 4.74 Å². The fraction of sp³-hybridized carbons (Fsp3) is 1.00. The van der Waals surface area contributed by atoms with Crippen LogP contribution in [0, 0.1) is 11.3 Å². The molecule has 0 aliphatic carbocycles. The van der Waals surface area contributed by atoms with Crippen LogP contribution in [0.1, 0.15) is 20.8 Å². The van der Waals surface area contributed by atoms with Gasteiger partial charge in [0.15, 0.2) is 0 Å². The first-order valence-electron chi connectivity index (χ1n) is 4.76. The zero-order valence-corrected chi connectivity index (χ0v) is 8.76. The molecule has 2 heteroatoms. The lowest BCUT2D eigenvalue weighted by atomic mass is 9.81. The molecular formula is C10H21NO. The molecule has 0 aromatic heterocycles. The smallest absolute Gasteiger partial charge is 0.0593 e. The third-order valence-corrected chi connectivity index (χ3v) is 2.69. The van der Waals surface area contributed by atoms with Crippen molar-refractivity contribution in [1.29, 1.82) is 0 Å². The summed E-state index contributed by atoms with van der Waals surface area (Å²) in [6.07, 6.45) is 0. The lowest BCUT2D eigenvalue weighted by molar-refractivity contribution is 0.0788. The van der Waals surface area contributed by atoms with Gasteiger partial charge in [0.2, 0.25) is 0 Å². The van der Waals surface area contributed by atoms with E-state index >= 15 is 0 Å². The number of nitrogens with zero attached hydrogens (tertiary/aromatic N) is 1. The van der Waals surface area contributed by atoms with E-state index in [0.717, 1.165) is 19.8 Å². The van der Waals surface area contributed by atoms with Gasteiger partial charge in [-0.15, -0.1) is 0 Å². The Morgan fingerprint density at radius 2 is 2.00 bits per heavy atom. The van der Waals surface area contributed by atoms with Crippen molar-refractivity contribution >= 4 is 0 Å². The Morgan fingerprint density at radius 1 is 1.33 bits per heavy atom. The van der Waals surface area contributed by atoms with E-state index in [-0.39, 0.29) is 0 Å². The molecule has 1 rings (SSSR count). The summed E-state index contributed by atoms with van der Waals surface area (Å²) in [5.74, 6) is 0.671. The summed E-state index contributed by atoms with van der Waals surface area (Å²) in [5, 5.41) is 0. The van der Waals surface area contributed by atoms with E-state index in [0.29, 0.717) is 11.3 Å². The average molecular weight is 171 g/mol. The molecule has 1 aliphatic rings. The summed E-state index contributed by atoms with van der Waals surface area (Å²) in [6, 6.07) is 0. The maximum atomic E-state index is 5.56. The zero-order chi connectivity index (χ0) is 9.19. The van der Waals surface area contributed by atoms with Gasteiger partial charge in [0.25, 0.3) is 0 Å². The lowest BCUT2D eigenvalue weighted by Gasteiger charge is -2.31. The maximum Gasteiger partial charge on any atom is 0.0593 e. The molecule has 1 heterocycles. The third-order valence-electron chi connectivity index (χ3n) is 2.69. The summed E-state index contributed by atoms with van der Waals surface area (Å²) in [4.78, 5) is 2.36. The van der Waals surface area contributed by atoms with Gasteiger partial charge in [0.1, 0.15) is 0 Å². The molecular weight excluding hydrogens is 150 g/mol. The van der Waals surface area contributed by atoms with Crippen LogP contribution in [0.4, 0.5) is 0 Å². The summed E-state index contributed by atoms with van der Waals surface area (Å²) < 4.78 is 5.56. The highest BCUT2D eigenvalue weighted by Gasteiger charge is 2.27. The molecule has 0 aromatic carbocycles. The van der Waals surface area contributed by atoms with Gasteiger partial charge in [-0.25, -0.2) is 0 Å². The summed E-state index contributed by atoms with van der Waals surface area (Å²) >= 11 is 0. The summed E-state index contributed by atoms with van der Waals surface area (Å²) in [6.45, 7) is 10.9. The van der Waals surface area contributed by atoms with E-state index in [2.05, 4.69) is 32.7 Å². The largest absolute Gasteiger partial charge is 0.380 e. The lowest BCUT2D eigenvalue weighted by Crippen LogP contribution is -2.33. The van der Waals surface area contributed by atoms with Crippen molar-refractivity contribution in [3.63, 3.8) is 0 Å². The highest BCUT2D eigenvalue weighted by atomic mass is 16.5. The zero-order valence-electron chi connectivity index (χ0n) is 8.76. The fourth-order valence-corrected chi connectivity index (χ4v) is 1.49. The molecule has 0 amide bonds. The second kappa shape index (κ2) is 3.75. The molecule has 0 radical (unpaired) electrons. The van der Waals surface area contributed by atoms with Crippen molar-refractivity contribution in [1.82, 2.24) is 4.90 Å². The standard InChI is InChI=1S/C10H21NO/c1-10(2,3)9-7-11(4)5-6-12-8-9/h9H,5-8H2,1-4H3. The molecule has 0 aromatic rings. The maximum absolute atomic E-state index is 5.56. The van der Waals surface area contributed by atoms with Crippen molar-refractivity contribution in [3.8, 4) is 0 Å². The highest BCUT2D eigenvalue weighted by Crippen LogP contribution is 2.27. The average Bonchev–Trinajstić information content (AvgIpc) is 2.11. The molecule has 0 saturated carbocycles. The van der Waals surface area contributed by atoms with Crippen LogP contribution >= 0.6 is 0 Å². The number of hydrogen-bond acceptors (Lipinski definition) is 2. The molecule has 1 saturated heterocycles. The van der Waals surface area contributed by atoms with Gasteiger partial charge < -0.3 is 9.64 Å². The molecule has 0 spiro atoms. The topological polar surface area (TPSA) is 12.5 Å². The van der Waals surface area contributed by atoms with Gasteiger partial charge in [-0.05, 0) is 18.4 Å². The number of hydrogen-bond donors (Lipinski definition) is 0. The molecule has 72 valence electrons. The number of likely N-dealkylation sites (N-methyl/N-ethyl adjacent to an activating group) is 1. The van der Waals surface area contributed by atoms with E-state index in [1.165, 1.54) is 6.54 Å². The van der Waals surface area contributed by atoms with Gasteiger partial charge in [-0.1, -0.05) is 20.8 Å². The van der Waals surface area contributed by atoms with Crippen LogP contribution in [0.5, 0.6) is 0 Å². The molecule has 2 nitrogen and oxygen atoms in total. The molecule has 1 fully saturated rings. The van der Waals surface area contributed by atoms with Crippen molar-refractivity contribution in [2.45, 2.75) is 20.8 Å². The molecule has 1 aliphatic heterocycles. The van der Waals surface area contributed by atoms with Gasteiger partial charge in [0.05, 0.1) is 13.2 Å². The first-order valence-corrected chi connectivity index (χ1v) is 4.76. The quantitative estimate of drug-likeness (QED) is 0.549. The molecule has 0 bridgehead atoms. The monoisotopic (exact) mass is 171 g/mol. The number of rotatable bonds is 0. The van der Waals surface area contributed by atoms with E-state index in [1.54, 1.807) is 0 Å². The van der Waals surface area contributed by atoms with Crippen LogP contribution in [0.25, 0.3) is 0 Å². The first kappa shape index (κ1) is 10.0. The van der Waals surface area contributed by atoms with Crippen molar-refractivity contribution in [2.75, 3.05) is 33.4 Å². The Balaban J connectivity index is 2.52. The van der Waals surface area contributed by atoms with E-state index in [1.807, 2.05) is 0 Å². The Hall–Kier alpha value is -0.0800. The minimum absolute atomic E-state index is 0.374. The summed E-state index contributed by atoms with van der Waals surface area (Å²) in [7, 11) is 2.17. The highest BCUT2D eigenvalue weighted by molar-refractivity contribution is 4.77. The Morgan fingerprint density at radius 3 is 2.58 bits per heavy atom. The van der Waals surface area contributed by atoms with Gasteiger partial charge >= 0.3 is 0 Å². The van der Waals surface area contributed by atoms with Gasteiger partial charge in [-0.3, -0.25) is 0 Å². The minimum atomic E-state index is 0.374. The number of ether oxygens (including phenoxy) is 1. The van der Waals surface area contributed by atoms with E-state index < -0.39 is 0 Å². The fourth-order valence-electron chi connectivity index (χ4n) is 1.49. The van der Waals surface area contributed by atoms with Crippen molar-refractivity contribution < 1.29 is 4.74 Å². The first-order chi connectivity index (χ1) is 5.50. The third kappa shape index (κ3) is 2.76. The molecule has 12 heavy (non-hydrogen) atoms. The molecule has 1 atom stereocenters. The Labute approximate surface area is 75.9 Å². The van der Waals surface area contributed by atoms with Crippen LogP contribution in [0.3, 0.4) is 0 Å². The molecule has 0 N–H and O–H groups in total. The van der Waals surface area contributed by atoms with Gasteiger partial charge in [-0.2, -0.15) is 0 Å². The SMILES string of the molecule is CN1CCOCC(C(C)(C)C)C1. The van der Waals surface area contributed by atoms with Crippen LogP contribution in [0.15, 0.2) is 0 Å². The second-order valence-electron chi connectivity index (χ2n) is 4.90. The molecule has 1 unspecified atom stereocenters. The predicted octanol–water partition coefficient (Wildman–Crippen LogP) is 1.61. The predicted molar refractivity (Wildman–Crippen MR) is 51.3 cm³/mol. The Kier molecular flexibility index (Phi) is 3.13. The van der Waals surface area contributed by atoms with Crippen molar-refractivity contribution in [2.24, 2.45) is 11.3 Å². The van der Waals surface area contributed by atoms with Crippen molar-refractivity contribution in [3.05, 3.63) is 0 Å². The normalized spacial score (nSPS) is 28.5. The van der Waals surface area contributed by atoms with Crippen LogP contribution < -0.4 is 0 Å². The van der Waals surface area contributed by atoms with Gasteiger partial charge in [0, 0.05) is 13.1 Å². The van der Waals surface area contributed by atoms with Crippen LogP contribution in [-0.4, -0.2) is 38.3 Å². The van der Waals surface area contributed by atoms with E-state index in [9.17, 15) is 0 Å². The minimum Gasteiger partial charge on any atom is -0.380 e. The van der Waals surface area contributed by atoms with Crippen LogP contribution in [0.2, 0.25) is 0 Å². The Bertz CT molecular complexity index is 139. The second-order valence-corrected chi connectivity index (χ2v) is 4.90.